The minimum Gasteiger partial charge on any atom is -0.474 e. The highest BCUT2D eigenvalue weighted by Crippen LogP contribution is 2.24. The van der Waals surface area contributed by atoms with E-state index in [0.29, 0.717) is 22.4 Å². The van der Waals surface area contributed by atoms with Crippen molar-refractivity contribution in [1.29, 1.82) is 0 Å². The number of pyridine rings is 1. The molecule has 0 radical (unpaired) electrons. The number of carbonyl (C=O) groups excluding carboxylic acids is 1. The number of Topliss-reactive ketones (excluding diaryl/α,β-unsaturated/α-hetero) is 1. The molecule has 0 amide bonds. The Kier molecular flexibility index (Phi) is 6.97. The van der Waals surface area contributed by atoms with E-state index in [0.717, 1.165) is 4.88 Å². The summed E-state index contributed by atoms with van der Waals surface area (Å²) in [5.41, 5.74) is 1.41. The van der Waals surface area contributed by atoms with Gasteiger partial charge in [-0.1, -0.05) is 36.7 Å². The van der Waals surface area contributed by atoms with Gasteiger partial charge in [-0.05, 0) is 6.07 Å². The molecule has 0 aromatic carbocycles. The van der Waals surface area contributed by atoms with E-state index in [2.05, 4.69) is 10.1 Å². The van der Waals surface area contributed by atoms with Gasteiger partial charge in [-0.3, -0.25) is 4.79 Å². The van der Waals surface area contributed by atoms with E-state index in [4.69, 9.17) is 20.9 Å². The minimum absolute atomic E-state index is 0.140. The fourth-order valence-electron chi connectivity index (χ4n) is 2.76. The average molecular weight is 436 g/mol. The van der Waals surface area contributed by atoms with Crippen LogP contribution in [0.2, 0.25) is 4.47 Å². The van der Waals surface area contributed by atoms with Crippen LogP contribution in [0.1, 0.15) is 34.9 Å². The average Bonchev–Trinajstić information content (AvgIpc) is 3.45. The number of fused-ring (bicyclic) bond motifs is 1. The second kappa shape index (κ2) is 9.64. The van der Waals surface area contributed by atoms with Crippen LogP contribution in [0, 0.1) is 0 Å². The first-order valence-electron chi connectivity index (χ1n) is 8.95. The van der Waals surface area contributed by atoms with Gasteiger partial charge in [0.2, 0.25) is 5.78 Å². The summed E-state index contributed by atoms with van der Waals surface area (Å²) in [4.78, 5) is 17.7. The van der Waals surface area contributed by atoms with Gasteiger partial charge >= 0.3 is 5.88 Å². The van der Waals surface area contributed by atoms with E-state index < -0.39 is 0 Å². The van der Waals surface area contributed by atoms with Crippen molar-refractivity contribution < 1.29 is 23.6 Å². The van der Waals surface area contributed by atoms with Crippen LogP contribution in [0.4, 0.5) is 0 Å². The van der Waals surface area contributed by atoms with Crippen molar-refractivity contribution in [2.45, 2.75) is 27.0 Å². The summed E-state index contributed by atoms with van der Waals surface area (Å²) in [6.45, 7) is 4.28. The summed E-state index contributed by atoms with van der Waals surface area (Å²) < 4.78 is 13.8. The van der Waals surface area contributed by atoms with Gasteiger partial charge in [0.1, 0.15) is 25.1 Å². The lowest BCUT2D eigenvalue weighted by molar-refractivity contribution is -0.521. The topological polar surface area (TPSA) is 94.5 Å². The third-order valence-electron chi connectivity index (χ3n) is 3.90. The van der Waals surface area contributed by atoms with Gasteiger partial charge < -0.3 is 14.4 Å². The van der Waals surface area contributed by atoms with Crippen LogP contribution in [0.5, 0.6) is 5.88 Å². The molecular weight excluding hydrogens is 416 g/mol. The zero-order valence-electron chi connectivity index (χ0n) is 15.9. The molecule has 0 aliphatic heterocycles. The molecule has 0 aliphatic rings. The normalized spacial score (nSPS) is 10.7. The van der Waals surface area contributed by atoms with Crippen molar-refractivity contribution in [3.05, 3.63) is 63.7 Å². The number of ketones is 1. The molecule has 0 fully saturated rings. The van der Waals surface area contributed by atoms with Gasteiger partial charge in [0, 0.05) is 18.3 Å². The monoisotopic (exact) mass is 435 g/mol. The molecule has 0 aliphatic carbocycles. The van der Waals surface area contributed by atoms with Gasteiger partial charge in [-0.2, -0.15) is 4.40 Å². The summed E-state index contributed by atoms with van der Waals surface area (Å²) in [5, 5.41) is 14.3. The Labute approximate surface area is 175 Å². The first kappa shape index (κ1) is 21.0. The third kappa shape index (κ3) is 4.64. The number of hydrogen-bond acceptors (Lipinski definition) is 7. The zero-order chi connectivity index (χ0) is 20.8. The predicted molar refractivity (Wildman–Crippen MR) is 107 cm³/mol. The maximum Gasteiger partial charge on any atom is 0.339 e. The maximum absolute atomic E-state index is 12.8. The lowest BCUT2D eigenvalue weighted by Gasteiger charge is -2.02. The molecule has 0 atom stereocenters. The van der Waals surface area contributed by atoms with E-state index in [1.54, 1.807) is 33.5 Å². The van der Waals surface area contributed by atoms with E-state index >= 15 is 0 Å². The van der Waals surface area contributed by atoms with Gasteiger partial charge in [0.05, 0.1) is 17.7 Å². The Morgan fingerprint density at radius 3 is 2.90 bits per heavy atom. The highest BCUT2D eigenvalue weighted by molar-refractivity contribution is 7.15. The van der Waals surface area contributed by atoms with Crippen molar-refractivity contribution >= 4 is 34.4 Å². The summed E-state index contributed by atoms with van der Waals surface area (Å²) in [5.74, 6) is -0.494. The van der Waals surface area contributed by atoms with Crippen LogP contribution in [-0.2, 0) is 17.9 Å². The standard InChI is InChI=1S/C17H13ClN4O4S.C2H6/c18-17-19-7-12(27-17)8-22-14-3-1-2-5-21(14)16(24)15(22)13(23)10-25-9-11-4-6-26-20-11;1-2/h1-7H,8-10H2;1-2H3/p+1. The summed E-state index contributed by atoms with van der Waals surface area (Å²) in [6, 6.07) is 7.08. The number of carbonyl (C=O) groups is 1. The molecule has 8 nitrogen and oxygen atoms in total. The van der Waals surface area contributed by atoms with Crippen LogP contribution in [0.25, 0.3) is 5.65 Å². The maximum atomic E-state index is 12.8. The van der Waals surface area contributed by atoms with Crippen molar-refractivity contribution in [3.63, 3.8) is 0 Å². The van der Waals surface area contributed by atoms with Gasteiger partial charge in [-0.25, -0.2) is 9.55 Å². The van der Waals surface area contributed by atoms with Crippen LogP contribution in [0.3, 0.4) is 0 Å². The Morgan fingerprint density at radius 2 is 2.21 bits per heavy atom. The van der Waals surface area contributed by atoms with Crippen molar-refractivity contribution in [3.8, 4) is 5.88 Å². The Morgan fingerprint density at radius 1 is 1.38 bits per heavy atom. The van der Waals surface area contributed by atoms with E-state index in [9.17, 15) is 9.90 Å². The number of nitrogens with zero attached hydrogens (tertiary/aromatic N) is 4. The molecule has 0 saturated heterocycles. The smallest absolute Gasteiger partial charge is 0.339 e. The number of rotatable bonds is 7. The Balaban J connectivity index is 0.00000117. The molecule has 29 heavy (non-hydrogen) atoms. The molecule has 4 rings (SSSR count). The predicted octanol–water partition coefficient (Wildman–Crippen LogP) is 3.50. The van der Waals surface area contributed by atoms with E-state index in [1.165, 1.54) is 17.6 Å². The molecule has 0 unspecified atom stereocenters. The number of hydrogen-bond donors (Lipinski definition) is 1. The number of thiazole rings is 1. The molecule has 0 saturated carbocycles. The first-order valence-corrected chi connectivity index (χ1v) is 10.1. The van der Waals surface area contributed by atoms with Gasteiger partial charge in [0.15, 0.2) is 4.47 Å². The van der Waals surface area contributed by atoms with E-state index in [1.807, 2.05) is 26.0 Å². The quantitative estimate of drug-likeness (QED) is 0.352. The second-order valence-corrected chi connectivity index (χ2v) is 7.37. The fraction of sp³-hybridized carbons (Fsp3) is 0.263. The van der Waals surface area contributed by atoms with Crippen molar-refractivity contribution in [2.24, 2.45) is 0 Å². The van der Waals surface area contributed by atoms with Crippen LogP contribution < -0.4 is 4.40 Å². The van der Waals surface area contributed by atoms with Crippen molar-refractivity contribution in [2.75, 3.05) is 6.61 Å². The molecule has 1 N–H and O–H groups in total. The zero-order valence-corrected chi connectivity index (χ0v) is 17.5. The largest absolute Gasteiger partial charge is 0.474 e. The van der Waals surface area contributed by atoms with E-state index in [-0.39, 0.29) is 30.6 Å². The second-order valence-electron chi connectivity index (χ2n) is 5.67. The molecule has 4 aromatic rings. The summed E-state index contributed by atoms with van der Waals surface area (Å²) >= 11 is 7.23. The lowest BCUT2D eigenvalue weighted by atomic mass is 10.3. The Bertz CT molecular complexity index is 1090. The van der Waals surface area contributed by atoms with Gasteiger partial charge in [-0.15, -0.1) is 11.3 Å². The van der Waals surface area contributed by atoms with Crippen molar-refractivity contribution in [1.82, 2.24) is 14.7 Å². The summed E-state index contributed by atoms with van der Waals surface area (Å²) in [7, 11) is 0. The molecule has 10 heteroatoms. The highest BCUT2D eigenvalue weighted by Gasteiger charge is 2.31. The van der Waals surface area contributed by atoms with Crippen LogP contribution in [-0.4, -0.2) is 32.2 Å². The Hall–Kier alpha value is -2.75. The minimum atomic E-state index is -0.352. The number of aromatic nitrogens is 4. The first-order chi connectivity index (χ1) is 14.1. The number of ether oxygens (including phenoxy) is 1. The molecule has 4 heterocycles. The van der Waals surface area contributed by atoms with Crippen LogP contribution in [0.15, 0.2) is 47.4 Å². The number of imidazole rings is 1. The number of aromatic hydroxyl groups is 1. The SMILES string of the molecule is CC.O=C(COCc1ccon1)c1c(O)[n+]2ccccc2n1Cc1cnc(Cl)s1. The summed E-state index contributed by atoms with van der Waals surface area (Å²) in [6.07, 6.45) is 4.77. The third-order valence-corrected chi connectivity index (χ3v) is 5.00. The fourth-order valence-corrected chi connectivity index (χ4v) is 3.73. The van der Waals surface area contributed by atoms with Crippen LogP contribution >= 0.6 is 22.9 Å². The molecule has 0 spiro atoms. The lowest BCUT2D eigenvalue weighted by Crippen LogP contribution is -2.19. The molecule has 152 valence electrons. The highest BCUT2D eigenvalue weighted by atomic mass is 35.5. The number of halogens is 1. The molecule has 4 aromatic heterocycles. The molecular formula is C19H20ClN4O4S+. The van der Waals surface area contributed by atoms with Gasteiger partial charge in [0.25, 0.3) is 11.3 Å². The molecule has 0 bridgehead atoms.